The molecule has 1 aliphatic rings. The molecule has 2 amide bonds. The summed E-state index contributed by atoms with van der Waals surface area (Å²) in [5.41, 5.74) is 3.53. The molecule has 2 N–H and O–H groups in total. The highest BCUT2D eigenvalue weighted by Crippen LogP contribution is 2.32. The van der Waals surface area contributed by atoms with Crippen LogP contribution in [0.2, 0.25) is 0 Å². The third-order valence-corrected chi connectivity index (χ3v) is 6.11. The quantitative estimate of drug-likeness (QED) is 0.530. The fourth-order valence-electron chi connectivity index (χ4n) is 3.07. The van der Waals surface area contributed by atoms with Gasteiger partial charge in [-0.2, -0.15) is 0 Å². The molecule has 0 fully saturated rings. The van der Waals surface area contributed by atoms with E-state index < -0.39 is 0 Å². The summed E-state index contributed by atoms with van der Waals surface area (Å²) in [6.07, 6.45) is 0. The standard InChI is InChI=1S/C22H23N5O4S/c1-13-4-6-16(8-14(13)2)24-20(28)11-32-22-26-25-19(27(22)3)10-23-21(29)15-5-7-17-18(9-15)31-12-30-17/h4-9H,10-12H2,1-3H3,(H,23,29)(H,24,28). The van der Waals surface area contributed by atoms with Gasteiger partial charge in [0.2, 0.25) is 12.7 Å². The Morgan fingerprint density at radius 3 is 2.69 bits per heavy atom. The number of hydrogen-bond acceptors (Lipinski definition) is 7. The molecule has 1 aromatic heterocycles. The second-order valence-electron chi connectivity index (χ2n) is 7.34. The molecule has 9 nitrogen and oxygen atoms in total. The number of fused-ring (bicyclic) bond motifs is 1. The fourth-order valence-corrected chi connectivity index (χ4v) is 3.80. The van der Waals surface area contributed by atoms with Gasteiger partial charge in [0.15, 0.2) is 22.5 Å². The van der Waals surface area contributed by atoms with Gasteiger partial charge in [0, 0.05) is 18.3 Å². The molecule has 2 aromatic carbocycles. The van der Waals surface area contributed by atoms with Crippen LogP contribution in [0.4, 0.5) is 5.69 Å². The Bertz CT molecular complexity index is 1180. The number of ether oxygens (including phenoxy) is 2. The van der Waals surface area contributed by atoms with E-state index in [2.05, 4.69) is 20.8 Å². The summed E-state index contributed by atoms with van der Waals surface area (Å²) in [7, 11) is 1.80. The van der Waals surface area contributed by atoms with Crippen LogP contribution in [0.15, 0.2) is 41.6 Å². The van der Waals surface area contributed by atoms with E-state index in [9.17, 15) is 9.59 Å². The minimum Gasteiger partial charge on any atom is -0.454 e. The van der Waals surface area contributed by atoms with Crippen molar-refractivity contribution in [2.75, 3.05) is 17.9 Å². The molecule has 32 heavy (non-hydrogen) atoms. The van der Waals surface area contributed by atoms with Crippen molar-refractivity contribution < 1.29 is 19.1 Å². The first kappa shape index (κ1) is 21.7. The number of benzene rings is 2. The van der Waals surface area contributed by atoms with Gasteiger partial charge in [-0.3, -0.25) is 9.59 Å². The zero-order chi connectivity index (χ0) is 22.7. The molecule has 10 heteroatoms. The minimum atomic E-state index is -0.256. The van der Waals surface area contributed by atoms with Crippen molar-refractivity contribution in [2.24, 2.45) is 7.05 Å². The number of rotatable bonds is 7. The Balaban J connectivity index is 1.29. The lowest BCUT2D eigenvalue weighted by Crippen LogP contribution is -2.24. The second-order valence-corrected chi connectivity index (χ2v) is 8.29. The topological polar surface area (TPSA) is 107 Å². The molecule has 4 rings (SSSR count). The van der Waals surface area contributed by atoms with Crippen LogP contribution in [-0.2, 0) is 18.4 Å². The van der Waals surface area contributed by atoms with Crippen LogP contribution in [-0.4, -0.2) is 39.1 Å². The van der Waals surface area contributed by atoms with Crippen molar-refractivity contribution in [3.8, 4) is 11.5 Å². The number of aromatic nitrogens is 3. The van der Waals surface area contributed by atoms with Gasteiger partial charge < -0.3 is 24.7 Å². The van der Waals surface area contributed by atoms with Crippen molar-refractivity contribution in [1.82, 2.24) is 20.1 Å². The predicted molar refractivity (Wildman–Crippen MR) is 120 cm³/mol. The highest BCUT2D eigenvalue weighted by molar-refractivity contribution is 7.99. The lowest BCUT2D eigenvalue weighted by molar-refractivity contribution is -0.113. The van der Waals surface area contributed by atoms with Crippen LogP contribution >= 0.6 is 11.8 Å². The van der Waals surface area contributed by atoms with Gasteiger partial charge in [0.25, 0.3) is 5.91 Å². The molecule has 2 heterocycles. The Morgan fingerprint density at radius 2 is 1.88 bits per heavy atom. The molecule has 1 aliphatic heterocycles. The number of nitrogens with one attached hydrogen (secondary N) is 2. The first-order valence-electron chi connectivity index (χ1n) is 9.97. The number of amides is 2. The van der Waals surface area contributed by atoms with E-state index in [0.717, 1.165) is 11.3 Å². The summed E-state index contributed by atoms with van der Waals surface area (Å²) in [5.74, 6) is 1.57. The summed E-state index contributed by atoms with van der Waals surface area (Å²) in [4.78, 5) is 24.7. The molecule has 3 aromatic rings. The number of anilines is 1. The lowest BCUT2D eigenvalue weighted by Gasteiger charge is -2.08. The van der Waals surface area contributed by atoms with Crippen molar-refractivity contribution in [3.05, 3.63) is 58.9 Å². The maximum absolute atomic E-state index is 12.4. The molecule has 166 valence electrons. The molecular formula is C22H23N5O4S. The molecule has 0 radical (unpaired) electrons. The Morgan fingerprint density at radius 1 is 1.06 bits per heavy atom. The highest BCUT2D eigenvalue weighted by atomic mass is 32.2. The van der Waals surface area contributed by atoms with E-state index in [-0.39, 0.29) is 30.9 Å². The van der Waals surface area contributed by atoms with E-state index in [1.54, 1.807) is 29.8 Å². The van der Waals surface area contributed by atoms with Crippen LogP contribution in [0.1, 0.15) is 27.3 Å². The Kier molecular flexibility index (Phi) is 6.31. The third kappa shape index (κ3) is 4.86. The zero-order valence-corrected chi connectivity index (χ0v) is 18.8. The van der Waals surface area contributed by atoms with E-state index in [1.807, 2.05) is 32.0 Å². The number of carbonyl (C=O) groups is 2. The van der Waals surface area contributed by atoms with Crippen molar-refractivity contribution >= 4 is 29.3 Å². The summed E-state index contributed by atoms with van der Waals surface area (Å²) >= 11 is 1.28. The normalized spacial score (nSPS) is 12.0. The van der Waals surface area contributed by atoms with Crippen LogP contribution in [0.3, 0.4) is 0 Å². The van der Waals surface area contributed by atoms with Gasteiger partial charge in [-0.1, -0.05) is 17.8 Å². The molecule has 0 bridgehead atoms. The molecule has 0 saturated heterocycles. The highest BCUT2D eigenvalue weighted by Gasteiger charge is 2.17. The average molecular weight is 454 g/mol. The summed E-state index contributed by atoms with van der Waals surface area (Å²) in [6, 6.07) is 10.8. The van der Waals surface area contributed by atoms with Crippen molar-refractivity contribution in [2.45, 2.75) is 25.5 Å². The second kappa shape index (κ2) is 9.31. The minimum absolute atomic E-state index is 0.126. The molecule has 0 aliphatic carbocycles. The number of aryl methyl sites for hydroxylation is 2. The van der Waals surface area contributed by atoms with E-state index in [0.29, 0.717) is 28.0 Å². The fraction of sp³-hybridized carbons (Fsp3) is 0.273. The molecule has 0 atom stereocenters. The van der Waals surface area contributed by atoms with Crippen LogP contribution < -0.4 is 20.1 Å². The van der Waals surface area contributed by atoms with E-state index in [4.69, 9.17) is 9.47 Å². The first-order valence-corrected chi connectivity index (χ1v) is 11.0. The third-order valence-electron chi connectivity index (χ3n) is 5.09. The molecule has 0 saturated carbocycles. The largest absolute Gasteiger partial charge is 0.454 e. The average Bonchev–Trinajstić information content (AvgIpc) is 3.39. The van der Waals surface area contributed by atoms with Crippen molar-refractivity contribution in [1.29, 1.82) is 0 Å². The van der Waals surface area contributed by atoms with E-state index >= 15 is 0 Å². The van der Waals surface area contributed by atoms with Gasteiger partial charge in [0.1, 0.15) is 0 Å². The maximum Gasteiger partial charge on any atom is 0.251 e. The number of thioether (sulfide) groups is 1. The Hall–Kier alpha value is -3.53. The Labute approximate surface area is 189 Å². The summed E-state index contributed by atoms with van der Waals surface area (Å²) < 4.78 is 12.3. The molecular weight excluding hydrogens is 430 g/mol. The number of hydrogen-bond donors (Lipinski definition) is 2. The number of carbonyl (C=O) groups excluding carboxylic acids is 2. The SMILES string of the molecule is Cc1ccc(NC(=O)CSc2nnc(CNC(=O)c3ccc4c(c3)OCO4)n2C)cc1C. The van der Waals surface area contributed by atoms with Gasteiger partial charge in [-0.15, -0.1) is 10.2 Å². The maximum atomic E-state index is 12.4. The van der Waals surface area contributed by atoms with Gasteiger partial charge in [-0.25, -0.2) is 0 Å². The summed E-state index contributed by atoms with van der Waals surface area (Å²) in [6.45, 7) is 4.39. The zero-order valence-electron chi connectivity index (χ0n) is 18.0. The predicted octanol–water partition coefficient (Wildman–Crippen LogP) is 2.82. The van der Waals surface area contributed by atoms with Crippen molar-refractivity contribution in [3.63, 3.8) is 0 Å². The summed E-state index contributed by atoms with van der Waals surface area (Å²) in [5, 5.41) is 14.6. The molecule has 0 spiro atoms. The first-order chi connectivity index (χ1) is 15.4. The monoisotopic (exact) mass is 453 g/mol. The van der Waals surface area contributed by atoms with Crippen LogP contribution in [0, 0.1) is 13.8 Å². The number of nitrogens with zero attached hydrogens (tertiary/aromatic N) is 3. The van der Waals surface area contributed by atoms with Crippen LogP contribution in [0.5, 0.6) is 11.5 Å². The van der Waals surface area contributed by atoms with E-state index in [1.165, 1.54) is 17.3 Å². The van der Waals surface area contributed by atoms with Crippen LogP contribution in [0.25, 0.3) is 0 Å². The molecule has 0 unspecified atom stereocenters. The lowest BCUT2D eigenvalue weighted by atomic mass is 10.1. The smallest absolute Gasteiger partial charge is 0.251 e. The van der Waals surface area contributed by atoms with Gasteiger partial charge >= 0.3 is 0 Å². The van der Waals surface area contributed by atoms with Gasteiger partial charge in [-0.05, 0) is 55.3 Å². The van der Waals surface area contributed by atoms with Gasteiger partial charge in [0.05, 0.1) is 12.3 Å².